The zero-order valence-electron chi connectivity index (χ0n) is 11.6. The van der Waals surface area contributed by atoms with Crippen LogP contribution in [0.3, 0.4) is 0 Å². The maximum Gasteiger partial charge on any atom is 0.338 e. The Bertz CT molecular complexity index is 651. The Morgan fingerprint density at radius 3 is 2.90 bits per heavy atom. The van der Waals surface area contributed by atoms with Crippen molar-refractivity contribution in [3.05, 3.63) is 47.0 Å². The molecule has 0 radical (unpaired) electrons. The number of carbonyl (C=O) groups is 2. The van der Waals surface area contributed by atoms with Gasteiger partial charge in [-0.1, -0.05) is 0 Å². The van der Waals surface area contributed by atoms with Crippen LogP contribution in [0, 0.1) is 6.92 Å². The quantitative estimate of drug-likeness (QED) is 0.692. The van der Waals surface area contributed by atoms with Gasteiger partial charge in [0.2, 0.25) is 0 Å². The molecule has 21 heavy (non-hydrogen) atoms. The first-order valence-electron chi connectivity index (χ1n) is 6.55. The second-order valence-corrected chi connectivity index (χ2v) is 4.58. The van der Waals surface area contributed by atoms with Crippen molar-refractivity contribution in [3.8, 4) is 0 Å². The Morgan fingerprint density at radius 2 is 2.24 bits per heavy atom. The predicted molar refractivity (Wildman–Crippen MR) is 75.2 cm³/mol. The van der Waals surface area contributed by atoms with Crippen LogP contribution in [-0.2, 0) is 6.42 Å². The van der Waals surface area contributed by atoms with Crippen molar-refractivity contribution in [3.63, 3.8) is 0 Å². The molecule has 0 aliphatic carbocycles. The molecular formula is C14H16N4O3. The summed E-state index contributed by atoms with van der Waals surface area (Å²) in [6, 6.07) is 2.85. The van der Waals surface area contributed by atoms with Gasteiger partial charge in [-0.2, -0.15) is 5.10 Å². The number of rotatable bonds is 6. The van der Waals surface area contributed by atoms with E-state index in [2.05, 4.69) is 20.5 Å². The minimum atomic E-state index is -1.16. The maximum atomic E-state index is 11.9. The number of nitrogens with one attached hydrogen (secondary N) is 2. The molecule has 0 saturated carbocycles. The van der Waals surface area contributed by atoms with Gasteiger partial charge in [-0.25, -0.2) is 4.79 Å². The molecule has 2 heterocycles. The standard InChI is InChI=1S/C14H16N4O3/c1-9-10(8-17-18-9)4-2-7-16-13(19)12-11(14(20)21)5-3-6-15-12/h3,5-6,8H,2,4,7H2,1H3,(H,16,19)(H,17,18)(H,20,21). The first kappa shape index (κ1) is 14.7. The highest BCUT2D eigenvalue weighted by Gasteiger charge is 2.16. The lowest BCUT2D eigenvalue weighted by molar-refractivity contribution is 0.0690. The molecule has 0 aliphatic heterocycles. The van der Waals surface area contributed by atoms with E-state index in [9.17, 15) is 9.59 Å². The molecule has 0 fully saturated rings. The van der Waals surface area contributed by atoms with E-state index < -0.39 is 11.9 Å². The number of hydrogen-bond donors (Lipinski definition) is 3. The van der Waals surface area contributed by atoms with Gasteiger partial charge in [-0.3, -0.25) is 14.9 Å². The second-order valence-electron chi connectivity index (χ2n) is 4.58. The van der Waals surface area contributed by atoms with E-state index in [1.54, 1.807) is 6.20 Å². The summed E-state index contributed by atoms with van der Waals surface area (Å²) < 4.78 is 0. The highest BCUT2D eigenvalue weighted by atomic mass is 16.4. The summed E-state index contributed by atoms with van der Waals surface area (Å²) in [4.78, 5) is 26.8. The number of aryl methyl sites for hydroxylation is 2. The lowest BCUT2D eigenvalue weighted by Gasteiger charge is -2.06. The SMILES string of the molecule is Cc1[nH]ncc1CCCNC(=O)c1ncccc1C(=O)O. The van der Waals surface area contributed by atoms with Crippen molar-refractivity contribution in [1.82, 2.24) is 20.5 Å². The van der Waals surface area contributed by atoms with E-state index in [-0.39, 0.29) is 11.3 Å². The molecular weight excluding hydrogens is 272 g/mol. The van der Waals surface area contributed by atoms with Gasteiger partial charge in [0.25, 0.3) is 5.91 Å². The molecule has 0 bridgehead atoms. The number of carboxylic acids is 1. The van der Waals surface area contributed by atoms with Gasteiger partial charge in [0.1, 0.15) is 5.69 Å². The Hall–Kier alpha value is -2.70. The highest BCUT2D eigenvalue weighted by molar-refractivity contribution is 6.03. The van der Waals surface area contributed by atoms with Gasteiger partial charge < -0.3 is 10.4 Å². The number of hydrogen-bond acceptors (Lipinski definition) is 4. The molecule has 7 heteroatoms. The van der Waals surface area contributed by atoms with Gasteiger partial charge in [0.05, 0.1) is 11.8 Å². The zero-order valence-corrected chi connectivity index (χ0v) is 11.6. The number of carboxylic acid groups (broad SMARTS) is 1. The fraction of sp³-hybridized carbons (Fsp3) is 0.286. The largest absolute Gasteiger partial charge is 0.478 e. The van der Waals surface area contributed by atoms with Crippen molar-refractivity contribution in [1.29, 1.82) is 0 Å². The number of amides is 1. The smallest absolute Gasteiger partial charge is 0.338 e. The summed E-state index contributed by atoms with van der Waals surface area (Å²) in [6.45, 7) is 2.38. The summed E-state index contributed by atoms with van der Waals surface area (Å²) in [6.07, 6.45) is 4.69. The first-order valence-corrected chi connectivity index (χ1v) is 6.55. The van der Waals surface area contributed by atoms with Crippen molar-refractivity contribution in [2.45, 2.75) is 19.8 Å². The second kappa shape index (κ2) is 6.65. The van der Waals surface area contributed by atoms with E-state index in [0.717, 1.165) is 24.1 Å². The van der Waals surface area contributed by atoms with Crippen LogP contribution in [0.5, 0.6) is 0 Å². The van der Waals surface area contributed by atoms with Crippen LogP contribution in [0.1, 0.15) is 38.5 Å². The molecule has 0 aliphatic rings. The summed E-state index contributed by atoms with van der Waals surface area (Å²) in [5.74, 6) is -1.64. The molecule has 2 rings (SSSR count). The Kier molecular flexibility index (Phi) is 4.65. The molecule has 1 amide bonds. The lowest BCUT2D eigenvalue weighted by atomic mass is 10.1. The summed E-state index contributed by atoms with van der Waals surface area (Å²) in [5.41, 5.74) is 1.96. The molecule has 110 valence electrons. The highest BCUT2D eigenvalue weighted by Crippen LogP contribution is 2.07. The normalized spacial score (nSPS) is 10.3. The third-order valence-electron chi connectivity index (χ3n) is 3.10. The molecule has 0 unspecified atom stereocenters. The van der Waals surface area contributed by atoms with Crippen LogP contribution in [0.2, 0.25) is 0 Å². The Morgan fingerprint density at radius 1 is 1.43 bits per heavy atom. The number of aromatic amines is 1. The van der Waals surface area contributed by atoms with Crippen molar-refractivity contribution in [2.24, 2.45) is 0 Å². The maximum absolute atomic E-state index is 11.9. The Labute approximate surface area is 121 Å². The van der Waals surface area contributed by atoms with Crippen LogP contribution in [0.25, 0.3) is 0 Å². The molecule has 0 aromatic carbocycles. The van der Waals surface area contributed by atoms with Gasteiger partial charge in [-0.05, 0) is 37.5 Å². The van der Waals surface area contributed by atoms with Crippen molar-refractivity contribution in [2.75, 3.05) is 6.54 Å². The van der Waals surface area contributed by atoms with E-state index in [4.69, 9.17) is 5.11 Å². The van der Waals surface area contributed by atoms with Crippen LogP contribution in [0.15, 0.2) is 24.5 Å². The molecule has 2 aromatic rings. The number of aromatic nitrogens is 3. The van der Waals surface area contributed by atoms with E-state index in [1.807, 2.05) is 6.92 Å². The monoisotopic (exact) mass is 288 g/mol. The number of nitrogens with zero attached hydrogens (tertiary/aromatic N) is 2. The fourth-order valence-electron chi connectivity index (χ4n) is 1.95. The molecule has 3 N–H and O–H groups in total. The number of aromatic carboxylic acids is 1. The average molecular weight is 288 g/mol. The molecule has 0 atom stereocenters. The lowest BCUT2D eigenvalue weighted by Crippen LogP contribution is -2.27. The van der Waals surface area contributed by atoms with Crippen LogP contribution < -0.4 is 5.32 Å². The van der Waals surface area contributed by atoms with Crippen LogP contribution in [0.4, 0.5) is 0 Å². The number of H-pyrrole nitrogens is 1. The minimum Gasteiger partial charge on any atom is -0.478 e. The fourth-order valence-corrected chi connectivity index (χ4v) is 1.95. The summed E-state index contributed by atoms with van der Waals surface area (Å²) in [7, 11) is 0. The topological polar surface area (TPSA) is 108 Å². The summed E-state index contributed by atoms with van der Waals surface area (Å²) in [5, 5.41) is 18.5. The number of pyridine rings is 1. The third-order valence-corrected chi connectivity index (χ3v) is 3.10. The van der Waals surface area contributed by atoms with Crippen LogP contribution in [-0.4, -0.2) is 38.7 Å². The van der Waals surface area contributed by atoms with Crippen LogP contribution >= 0.6 is 0 Å². The molecule has 2 aromatic heterocycles. The minimum absolute atomic E-state index is 0.0653. The zero-order chi connectivity index (χ0) is 15.2. The molecule has 0 saturated heterocycles. The summed E-state index contributed by atoms with van der Waals surface area (Å²) >= 11 is 0. The molecule has 7 nitrogen and oxygen atoms in total. The average Bonchev–Trinajstić information content (AvgIpc) is 2.88. The predicted octanol–water partition coefficient (Wildman–Crippen LogP) is 1.17. The molecule has 0 spiro atoms. The van der Waals surface area contributed by atoms with E-state index in [0.29, 0.717) is 6.54 Å². The van der Waals surface area contributed by atoms with Gasteiger partial charge >= 0.3 is 5.97 Å². The van der Waals surface area contributed by atoms with E-state index >= 15 is 0 Å². The number of carbonyl (C=O) groups excluding carboxylic acids is 1. The van der Waals surface area contributed by atoms with Gasteiger partial charge in [0.15, 0.2) is 0 Å². The van der Waals surface area contributed by atoms with Gasteiger partial charge in [-0.15, -0.1) is 0 Å². The first-order chi connectivity index (χ1) is 10.1. The van der Waals surface area contributed by atoms with Crippen molar-refractivity contribution >= 4 is 11.9 Å². The Balaban J connectivity index is 1.88. The third kappa shape index (κ3) is 3.65. The van der Waals surface area contributed by atoms with Gasteiger partial charge in [0, 0.05) is 18.4 Å². The van der Waals surface area contributed by atoms with Crippen molar-refractivity contribution < 1.29 is 14.7 Å². The van der Waals surface area contributed by atoms with E-state index in [1.165, 1.54) is 18.3 Å².